The molecule has 0 aliphatic heterocycles. The molecule has 1 fully saturated rings. The van der Waals surface area contributed by atoms with Crippen LogP contribution in [0.15, 0.2) is 0 Å². The maximum absolute atomic E-state index is 11.3. The van der Waals surface area contributed by atoms with Gasteiger partial charge >= 0.3 is 0 Å². The zero-order valence-electron chi connectivity index (χ0n) is 7.94. The molecule has 1 amide bonds. The van der Waals surface area contributed by atoms with Gasteiger partial charge in [-0.1, -0.05) is 26.2 Å². The summed E-state index contributed by atoms with van der Waals surface area (Å²) in [5.74, 6) is 0.643. The Hall–Kier alpha value is -0.530. The monoisotopic (exact) mass is 169 g/mol. The lowest BCUT2D eigenvalue weighted by atomic mass is 9.85. The van der Waals surface area contributed by atoms with E-state index < -0.39 is 0 Å². The number of hydrogen-bond acceptors (Lipinski definition) is 1. The summed E-state index contributed by atoms with van der Waals surface area (Å²) in [6.45, 7) is 3.05. The standard InChI is InChI=1S/C10H19NO/c1-2-3-4-8-11-10(12)9-6-5-7-9/h9H,2-8H2,1H3,(H,11,12). The number of carbonyl (C=O) groups is 1. The van der Waals surface area contributed by atoms with Crippen molar-refractivity contribution in [3.63, 3.8) is 0 Å². The normalized spacial score (nSPS) is 17.1. The van der Waals surface area contributed by atoms with Crippen molar-refractivity contribution in [2.45, 2.75) is 45.4 Å². The summed E-state index contributed by atoms with van der Waals surface area (Å²) in [6, 6.07) is 0. The summed E-state index contributed by atoms with van der Waals surface area (Å²) >= 11 is 0. The number of amides is 1. The predicted octanol–water partition coefficient (Wildman–Crippen LogP) is 2.09. The third-order valence-electron chi connectivity index (χ3n) is 2.56. The minimum absolute atomic E-state index is 0.289. The summed E-state index contributed by atoms with van der Waals surface area (Å²) in [5.41, 5.74) is 0. The van der Waals surface area contributed by atoms with E-state index in [4.69, 9.17) is 0 Å². The summed E-state index contributed by atoms with van der Waals surface area (Å²) in [7, 11) is 0. The van der Waals surface area contributed by atoms with Gasteiger partial charge in [0.15, 0.2) is 0 Å². The van der Waals surface area contributed by atoms with Crippen molar-refractivity contribution in [3.05, 3.63) is 0 Å². The molecule has 0 aromatic carbocycles. The molecule has 0 aromatic rings. The molecule has 0 radical (unpaired) electrons. The Bertz CT molecular complexity index is 141. The lowest BCUT2D eigenvalue weighted by Crippen LogP contribution is -2.34. The van der Waals surface area contributed by atoms with Crippen molar-refractivity contribution in [1.29, 1.82) is 0 Å². The van der Waals surface area contributed by atoms with Crippen LogP contribution < -0.4 is 5.32 Å². The van der Waals surface area contributed by atoms with E-state index in [0.29, 0.717) is 5.92 Å². The highest BCUT2D eigenvalue weighted by molar-refractivity contribution is 5.79. The van der Waals surface area contributed by atoms with Gasteiger partial charge in [0.05, 0.1) is 0 Å². The number of rotatable bonds is 5. The van der Waals surface area contributed by atoms with Crippen LogP contribution in [0.25, 0.3) is 0 Å². The molecule has 2 heteroatoms. The Balaban J connectivity index is 1.94. The SMILES string of the molecule is CCCCCNC(=O)C1CCC1. The smallest absolute Gasteiger partial charge is 0.223 e. The molecule has 0 saturated heterocycles. The molecule has 1 N–H and O–H groups in total. The van der Waals surface area contributed by atoms with Gasteiger partial charge in [-0.2, -0.15) is 0 Å². The first-order chi connectivity index (χ1) is 5.84. The second kappa shape index (κ2) is 5.18. The fourth-order valence-corrected chi connectivity index (χ4v) is 1.40. The molecule has 70 valence electrons. The fraction of sp³-hybridized carbons (Fsp3) is 0.900. The van der Waals surface area contributed by atoms with Gasteiger partial charge in [-0.3, -0.25) is 4.79 Å². The second-order valence-electron chi connectivity index (χ2n) is 3.63. The van der Waals surface area contributed by atoms with Crippen molar-refractivity contribution in [2.24, 2.45) is 5.92 Å². The van der Waals surface area contributed by atoms with E-state index in [1.165, 1.54) is 19.3 Å². The second-order valence-corrected chi connectivity index (χ2v) is 3.63. The molecule has 2 nitrogen and oxygen atoms in total. The Labute approximate surface area is 74.7 Å². The van der Waals surface area contributed by atoms with E-state index in [-0.39, 0.29) is 5.91 Å². The number of unbranched alkanes of at least 4 members (excludes halogenated alkanes) is 2. The molecule has 0 bridgehead atoms. The van der Waals surface area contributed by atoms with Crippen LogP contribution in [-0.4, -0.2) is 12.5 Å². The first-order valence-corrected chi connectivity index (χ1v) is 5.12. The summed E-state index contributed by atoms with van der Waals surface area (Å²) in [6.07, 6.45) is 7.05. The predicted molar refractivity (Wildman–Crippen MR) is 49.9 cm³/mol. The van der Waals surface area contributed by atoms with Gasteiger partial charge in [0, 0.05) is 12.5 Å². The van der Waals surface area contributed by atoms with E-state index in [1.54, 1.807) is 0 Å². The minimum Gasteiger partial charge on any atom is -0.356 e. The zero-order chi connectivity index (χ0) is 8.81. The quantitative estimate of drug-likeness (QED) is 0.627. The highest BCUT2D eigenvalue weighted by Gasteiger charge is 2.24. The van der Waals surface area contributed by atoms with Crippen molar-refractivity contribution in [3.8, 4) is 0 Å². The van der Waals surface area contributed by atoms with Crippen LogP contribution in [-0.2, 0) is 4.79 Å². The minimum atomic E-state index is 0.289. The molecule has 0 atom stereocenters. The first kappa shape index (κ1) is 9.56. The van der Waals surface area contributed by atoms with Gasteiger partial charge in [0.2, 0.25) is 5.91 Å². The summed E-state index contributed by atoms with van der Waals surface area (Å²) < 4.78 is 0. The first-order valence-electron chi connectivity index (χ1n) is 5.12. The maximum Gasteiger partial charge on any atom is 0.223 e. The van der Waals surface area contributed by atoms with Crippen LogP contribution >= 0.6 is 0 Å². The average molecular weight is 169 g/mol. The largest absolute Gasteiger partial charge is 0.356 e. The highest BCUT2D eigenvalue weighted by Crippen LogP contribution is 2.25. The molecular formula is C10H19NO. The molecule has 0 spiro atoms. The third kappa shape index (κ3) is 2.84. The molecule has 1 aliphatic carbocycles. The van der Waals surface area contributed by atoms with E-state index >= 15 is 0 Å². The molecule has 0 unspecified atom stereocenters. The van der Waals surface area contributed by atoms with Crippen LogP contribution in [0.1, 0.15) is 45.4 Å². The Morgan fingerprint density at radius 1 is 1.42 bits per heavy atom. The van der Waals surface area contributed by atoms with Crippen LogP contribution in [0.5, 0.6) is 0 Å². The third-order valence-corrected chi connectivity index (χ3v) is 2.56. The Kier molecular flexibility index (Phi) is 4.12. The molecule has 0 heterocycles. The lowest BCUT2D eigenvalue weighted by molar-refractivity contribution is -0.127. The molecular weight excluding hydrogens is 150 g/mol. The van der Waals surface area contributed by atoms with Gasteiger partial charge in [-0.15, -0.1) is 0 Å². The summed E-state index contributed by atoms with van der Waals surface area (Å²) in [5, 5.41) is 2.98. The van der Waals surface area contributed by atoms with E-state index in [0.717, 1.165) is 25.8 Å². The van der Waals surface area contributed by atoms with Crippen LogP contribution in [0.4, 0.5) is 0 Å². The molecule has 1 rings (SSSR count). The highest BCUT2D eigenvalue weighted by atomic mass is 16.1. The van der Waals surface area contributed by atoms with Crippen molar-refractivity contribution in [2.75, 3.05) is 6.54 Å². The van der Waals surface area contributed by atoms with Crippen molar-refractivity contribution >= 4 is 5.91 Å². The van der Waals surface area contributed by atoms with Gasteiger partial charge < -0.3 is 5.32 Å². The van der Waals surface area contributed by atoms with Crippen LogP contribution in [0.3, 0.4) is 0 Å². The molecule has 12 heavy (non-hydrogen) atoms. The zero-order valence-corrected chi connectivity index (χ0v) is 7.94. The number of carbonyl (C=O) groups excluding carboxylic acids is 1. The van der Waals surface area contributed by atoms with E-state index in [2.05, 4.69) is 12.2 Å². The van der Waals surface area contributed by atoms with E-state index in [1.807, 2.05) is 0 Å². The number of hydrogen-bond donors (Lipinski definition) is 1. The van der Waals surface area contributed by atoms with Crippen molar-refractivity contribution < 1.29 is 4.79 Å². The topological polar surface area (TPSA) is 29.1 Å². The molecule has 0 aromatic heterocycles. The van der Waals surface area contributed by atoms with E-state index in [9.17, 15) is 4.79 Å². The summed E-state index contributed by atoms with van der Waals surface area (Å²) in [4.78, 5) is 11.3. The average Bonchev–Trinajstić information content (AvgIpc) is 1.95. The fourth-order valence-electron chi connectivity index (χ4n) is 1.40. The van der Waals surface area contributed by atoms with Gasteiger partial charge in [-0.25, -0.2) is 0 Å². The van der Waals surface area contributed by atoms with Gasteiger partial charge in [0.25, 0.3) is 0 Å². The van der Waals surface area contributed by atoms with Crippen LogP contribution in [0, 0.1) is 5.92 Å². The molecule has 1 aliphatic rings. The number of nitrogens with one attached hydrogen (secondary N) is 1. The van der Waals surface area contributed by atoms with Crippen molar-refractivity contribution in [1.82, 2.24) is 5.32 Å². The van der Waals surface area contributed by atoms with Gasteiger partial charge in [0.1, 0.15) is 0 Å². The Morgan fingerprint density at radius 3 is 2.67 bits per heavy atom. The lowest BCUT2D eigenvalue weighted by Gasteiger charge is -2.23. The van der Waals surface area contributed by atoms with Crippen LogP contribution in [0.2, 0.25) is 0 Å². The Morgan fingerprint density at radius 2 is 2.17 bits per heavy atom. The maximum atomic E-state index is 11.3. The van der Waals surface area contributed by atoms with Gasteiger partial charge in [-0.05, 0) is 19.3 Å². The molecule has 1 saturated carbocycles.